The summed E-state index contributed by atoms with van der Waals surface area (Å²) in [4.78, 5) is 10.8. The lowest BCUT2D eigenvalue weighted by molar-refractivity contribution is -0.122. The number of likely N-dealkylation sites (N-methyl/N-ethyl adjacent to an activating group) is 1. The Morgan fingerprint density at radius 2 is 2.14 bits per heavy atom. The van der Waals surface area contributed by atoms with Crippen LogP contribution in [0.3, 0.4) is 0 Å². The van der Waals surface area contributed by atoms with Crippen LogP contribution >= 0.6 is 0 Å². The number of hydrogen-bond donors (Lipinski definition) is 2. The van der Waals surface area contributed by atoms with Crippen LogP contribution in [0.1, 0.15) is 13.8 Å². The van der Waals surface area contributed by atoms with E-state index in [1.165, 1.54) is 0 Å². The third kappa shape index (κ3) is 5.90. The van der Waals surface area contributed by atoms with Gasteiger partial charge in [0.15, 0.2) is 0 Å². The van der Waals surface area contributed by atoms with Gasteiger partial charge in [0.1, 0.15) is 6.04 Å². The predicted molar refractivity (Wildman–Crippen MR) is 53.9 cm³/mol. The van der Waals surface area contributed by atoms with Gasteiger partial charge in [-0.15, -0.1) is 0 Å². The highest BCUT2D eigenvalue weighted by Crippen LogP contribution is 1.94. The molecule has 2 unspecified atom stereocenters. The largest absolute Gasteiger partial charge is 0.379 e. The molecule has 2 atom stereocenters. The zero-order chi connectivity index (χ0) is 11.0. The van der Waals surface area contributed by atoms with Crippen molar-refractivity contribution in [3.63, 3.8) is 0 Å². The zero-order valence-electron chi connectivity index (χ0n) is 9.08. The summed E-state index contributed by atoms with van der Waals surface area (Å²) in [6, 6.07) is -0.431. The summed E-state index contributed by atoms with van der Waals surface area (Å²) in [5.74, 6) is -0.406. The number of nitrogens with two attached hydrogens (primary N) is 1. The summed E-state index contributed by atoms with van der Waals surface area (Å²) >= 11 is 0. The highest BCUT2D eigenvalue weighted by Gasteiger charge is 2.14. The van der Waals surface area contributed by atoms with Crippen LogP contribution in [0, 0.1) is 0 Å². The maximum absolute atomic E-state index is 10.8. The number of hydrogen-bond acceptors (Lipinski definition) is 4. The van der Waals surface area contributed by atoms with Crippen molar-refractivity contribution in [2.75, 3.05) is 26.9 Å². The van der Waals surface area contributed by atoms with Crippen LogP contribution in [-0.2, 0) is 14.3 Å². The smallest absolute Gasteiger partial charge is 0.236 e. The summed E-state index contributed by atoms with van der Waals surface area (Å²) in [7, 11) is 1.67. The number of ether oxygens (including phenoxy) is 2. The number of primary amides is 1. The number of nitrogens with one attached hydrogen (secondary N) is 1. The Morgan fingerprint density at radius 3 is 2.57 bits per heavy atom. The summed E-state index contributed by atoms with van der Waals surface area (Å²) in [6.07, 6.45) is -0.0230. The van der Waals surface area contributed by atoms with E-state index in [1.807, 2.05) is 13.8 Å². The molecule has 0 aromatic rings. The molecule has 5 nitrogen and oxygen atoms in total. The summed E-state index contributed by atoms with van der Waals surface area (Å²) in [5, 5.41) is 2.77. The standard InChI is InChI=1S/C9H20N2O3/c1-4-13-5-7(2)14-6-8(11-3)9(10)12/h7-8,11H,4-6H2,1-3H3,(H2,10,12). The zero-order valence-corrected chi connectivity index (χ0v) is 9.08. The van der Waals surface area contributed by atoms with E-state index in [0.29, 0.717) is 13.2 Å². The van der Waals surface area contributed by atoms with E-state index in [-0.39, 0.29) is 12.7 Å². The first kappa shape index (κ1) is 13.4. The summed E-state index contributed by atoms with van der Waals surface area (Å²) < 4.78 is 10.5. The molecule has 0 aromatic heterocycles. The highest BCUT2D eigenvalue weighted by molar-refractivity contribution is 5.79. The van der Waals surface area contributed by atoms with Gasteiger partial charge in [0.25, 0.3) is 0 Å². The van der Waals surface area contributed by atoms with Gasteiger partial charge in [-0.1, -0.05) is 0 Å². The Morgan fingerprint density at radius 1 is 1.50 bits per heavy atom. The molecule has 0 rings (SSSR count). The van der Waals surface area contributed by atoms with Crippen molar-refractivity contribution in [2.24, 2.45) is 5.73 Å². The molecule has 1 amide bonds. The van der Waals surface area contributed by atoms with Gasteiger partial charge in [-0.25, -0.2) is 0 Å². The third-order valence-corrected chi connectivity index (χ3v) is 1.80. The predicted octanol–water partition coefficient (Wildman–Crippen LogP) is -0.499. The van der Waals surface area contributed by atoms with Crippen molar-refractivity contribution in [3.05, 3.63) is 0 Å². The van der Waals surface area contributed by atoms with E-state index in [4.69, 9.17) is 15.2 Å². The molecule has 0 aromatic carbocycles. The minimum absolute atomic E-state index is 0.0230. The van der Waals surface area contributed by atoms with E-state index in [9.17, 15) is 4.79 Å². The van der Waals surface area contributed by atoms with Gasteiger partial charge in [-0.2, -0.15) is 0 Å². The SMILES string of the molecule is CCOCC(C)OCC(NC)C(N)=O. The number of rotatable bonds is 8. The van der Waals surface area contributed by atoms with Crippen LogP contribution in [0.25, 0.3) is 0 Å². The van der Waals surface area contributed by atoms with Crippen LogP contribution < -0.4 is 11.1 Å². The summed E-state index contributed by atoms with van der Waals surface area (Å²) in [5.41, 5.74) is 5.12. The lowest BCUT2D eigenvalue weighted by Crippen LogP contribution is -2.43. The molecule has 84 valence electrons. The Labute approximate surface area is 84.9 Å². The van der Waals surface area contributed by atoms with E-state index in [2.05, 4.69) is 5.32 Å². The van der Waals surface area contributed by atoms with E-state index in [0.717, 1.165) is 0 Å². The monoisotopic (exact) mass is 204 g/mol. The van der Waals surface area contributed by atoms with Gasteiger partial charge in [0.2, 0.25) is 5.91 Å². The molecule has 3 N–H and O–H groups in total. The van der Waals surface area contributed by atoms with Crippen molar-refractivity contribution >= 4 is 5.91 Å². The minimum Gasteiger partial charge on any atom is -0.379 e. The molecule has 0 spiro atoms. The quantitative estimate of drug-likeness (QED) is 0.559. The normalized spacial score (nSPS) is 15.1. The van der Waals surface area contributed by atoms with Crippen molar-refractivity contribution < 1.29 is 14.3 Å². The van der Waals surface area contributed by atoms with Gasteiger partial charge in [-0.3, -0.25) is 4.79 Å². The van der Waals surface area contributed by atoms with Crippen LogP contribution in [0.5, 0.6) is 0 Å². The van der Waals surface area contributed by atoms with Gasteiger partial charge >= 0.3 is 0 Å². The van der Waals surface area contributed by atoms with Gasteiger partial charge in [0.05, 0.1) is 19.3 Å². The lowest BCUT2D eigenvalue weighted by Gasteiger charge is -2.17. The molecular formula is C9H20N2O3. The maximum Gasteiger partial charge on any atom is 0.236 e. The Hall–Kier alpha value is -0.650. The molecule has 0 fully saturated rings. The molecule has 0 saturated carbocycles. The van der Waals surface area contributed by atoms with E-state index >= 15 is 0 Å². The molecule has 5 heteroatoms. The van der Waals surface area contributed by atoms with Crippen LogP contribution in [0.2, 0.25) is 0 Å². The van der Waals surface area contributed by atoms with E-state index < -0.39 is 11.9 Å². The fourth-order valence-electron chi connectivity index (χ4n) is 0.900. The Kier molecular flexibility index (Phi) is 7.37. The van der Waals surface area contributed by atoms with E-state index in [1.54, 1.807) is 7.05 Å². The van der Waals surface area contributed by atoms with Crippen molar-refractivity contribution in [3.8, 4) is 0 Å². The highest BCUT2D eigenvalue weighted by atomic mass is 16.5. The number of carbonyl (C=O) groups is 1. The average Bonchev–Trinajstić information content (AvgIpc) is 2.15. The first-order valence-electron chi connectivity index (χ1n) is 4.77. The van der Waals surface area contributed by atoms with Crippen LogP contribution in [0.15, 0.2) is 0 Å². The Balaban J connectivity index is 3.62. The molecule has 14 heavy (non-hydrogen) atoms. The molecule has 0 bridgehead atoms. The minimum atomic E-state index is -0.431. The van der Waals surface area contributed by atoms with Crippen LogP contribution in [-0.4, -0.2) is 44.9 Å². The van der Waals surface area contributed by atoms with Crippen molar-refractivity contribution in [1.29, 1.82) is 0 Å². The third-order valence-electron chi connectivity index (χ3n) is 1.80. The first-order valence-corrected chi connectivity index (χ1v) is 4.77. The fourth-order valence-corrected chi connectivity index (χ4v) is 0.900. The molecule has 0 aliphatic rings. The second kappa shape index (κ2) is 7.73. The second-order valence-electron chi connectivity index (χ2n) is 3.05. The first-order chi connectivity index (χ1) is 6.61. The fraction of sp³-hybridized carbons (Fsp3) is 0.889. The van der Waals surface area contributed by atoms with Gasteiger partial charge < -0.3 is 20.5 Å². The Bertz CT molecular complexity index is 164. The topological polar surface area (TPSA) is 73.6 Å². The molecule has 0 radical (unpaired) electrons. The van der Waals surface area contributed by atoms with Crippen LogP contribution in [0.4, 0.5) is 0 Å². The number of carbonyl (C=O) groups excluding carboxylic acids is 1. The summed E-state index contributed by atoms with van der Waals surface area (Å²) in [6.45, 7) is 5.29. The molecule has 0 heterocycles. The molecule has 0 aliphatic carbocycles. The van der Waals surface area contributed by atoms with Gasteiger partial charge in [0, 0.05) is 6.61 Å². The van der Waals surface area contributed by atoms with Crippen molar-refractivity contribution in [1.82, 2.24) is 5.32 Å². The van der Waals surface area contributed by atoms with Gasteiger partial charge in [-0.05, 0) is 20.9 Å². The molecule has 0 aliphatic heterocycles. The average molecular weight is 204 g/mol. The second-order valence-corrected chi connectivity index (χ2v) is 3.05. The maximum atomic E-state index is 10.8. The molecular weight excluding hydrogens is 184 g/mol. The molecule has 0 saturated heterocycles. The van der Waals surface area contributed by atoms with Crippen molar-refractivity contribution in [2.45, 2.75) is 26.0 Å². The lowest BCUT2D eigenvalue weighted by atomic mass is 10.3. The number of amides is 1.